The van der Waals surface area contributed by atoms with Crippen LogP contribution in [0.1, 0.15) is 20.8 Å². The summed E-state index contributed by atoms with van der Waals surface area (Å²) in [4.78, 5) is 9.00. The predicted molar refractivity (Wildman–Crippen MR) is 41.5 cm³/mol. The highest BCUT2D eigenvalue weighted by Crippen LogP contribution is 1.96. The van der Waals surface area contributed by atoms with Crippen molar-refractivity contribution < 1.29 is 15.0 Å². The zero-order valence-corrected chi connectivity index (χ0v) is 6.88. The zero-order valence-electron chi connectivity index (χ0n) is 6.88. The molecule has 5 nitrogen and oxygen atoms in total. The molecular weight excluding hydrogens is 148 g/mol. The van der Waals surface area contributed by atoms with Crippen LogP contribution in [0.15, 0.2) is 0 Å². The minimum absolute atomic E-state index is 0.201. The van der Waals surface area contributed by atoms with Gasteiger partial charge in [0.15, 0.2) is 0 Å². The van der Waals surface area contributed by atoms with Crippen molar-refractivity contribution in [2.75, 3.05) is 0 Å². The zero-order chi connectivity index (χ0) is 9.65. The SMILES string of the molecule is CC(=O)O.CC(C)(O)C(=N)N. The summed E-state index contributed by atoms with van der Waals surface area (Å²) in [7, 11) is 0. The van der Waals surface area contributed by atoms with Crippen LogP contribution >= 0.6 is 0 Å². The Hall–Kier alpha value is -1.10. The van der Waals surface area contributed by atoms with E-state index in [2.05, 4.69) is 0 Å². The highest BCUT2D eigenvalue weighted by Gasteiger charge is 2.14. The van der Waals surface area contributed by atoms with E-state index in [1.54, 1.807) is 0 Å². The number of carbonyl (C=O) groups is 1. The number of aliphatic hydroxyl groups is 1. The van der Waals surface area contributed by atoms with E-state index in [1.807, 2.05) is 0 Å². The van der Waals surface area contributed by atoms with Crippen LogP contribution in [0.3, 0.4) is 0 Å². The summed E-state index contributed by atoms with van der Waals surface area (Å²) in [6.45, 7) is 4.02. The molecule has 0 atom stereocenters. The minimum Gasteiger partial charge on any atom is -0.481 e. The standard InChI is InChI=1S/C4H10N2O.C2H4O2/c1-4(2,7)3(5)6;1-2(3)4/h7H,1-2H3,(H3,5,6);1H3,(H,3,4). The largest absolute Gasteiger partial charge is 0.481 e. The molecule has 66 valence electrons. The summed E-state index contributed by atoms with van der Waals surface area (Å²) < 4.78 is 0. The van der Waals surface area contributed by atoms with Gasteiger partial charge in [-0.1, -0.05) is 0 Å². The number of nitrogens with two attached hydrogens (primary N) is 1. The monoisotopic (exact) mass is 162 g/mol. The van der Waals surface area contributed by atoms with Crippen molar-refractivity contribution in [3.8, 4) is 0 Å². The Morgan fingerprint density at radius 3 is 1.64 bits per heavy atom. The molecule has 5 N–H and O–H groups in total. The van der Waals surface area contributed by atoms with Crippen molar-refractivity contribution in [3.05, 3.63) is 0 Å². The van der Waals surface area contributed by atoms with Crippen LogP contribution in [-0.2, 0) is 4.79 Å². The summed E-state index contributed by atoms with van der Waals surface area (Å²) in [5.41, 5.74) is 3.76. The maximum Gasteiger partial charge on any atom is 0.300 e. The third-order valence-corrected chi connectivity index (χ3v) is 0.659. The number of hydrogen-bond acceptors (Lipinski definition) is 3. The quantitative estimate of drug-likeness (QED) is 0.316. The molecule has 11 heavy (non-hydrogen) atoms. The Kier molecular flexibility index (Phi) is 5.34. The molecule has 0 spiro atoms. The Labute approximate surface area is 65.3 Å². The Morgan fingerprint density at radius 1 is 1.55 bits per heavy atom. The molecule has 0 aromatic heterocycles. The average molecular weight is 162 g/mol. The lowest BCUT2D eigenvalue weighted by Crippen LogP contribution is -2.36. The second kappa shape index (κ2) is 4.68. The molecule has 5 heteroatoms. The molecule has 0 heterocycles. The van der Waals surface area contributed by atoms with Crippen molar-refractivity contribution in [1.82, 2.24) is 0 Å². The lowest BCUT2D eigenvalue weighted by atomic mass is 10.1. The number of rotatable bonds is 1. The summed E-state index contributed by atoms with van der Waals surface area (Å²) >= 11 is 0. The van der Waals surface area contributed by atoms with Gasteiger partial charge in [-0.3, -0.25) is 10.2 Å². The van der Waals surface area contributed by atoms with Gasteiger partial charge in [-0.2, -0.15) is 0 Å². The number of hydrogen-bond donors (Lipinski definition) is 4. The molecule has 0 saturated heterocycles. The Morgan fingerprint density at radius 2 is 1.64 bits per heavy atom. The van der Waals surface area contributed by atoms with Gasteiger partial charge in [0.1, 0.15) is 11.4 Å². The summed E-state index contributed by atoms with van der Waals surface area (Å²) in [6, 6.07) is 0. The highest BCUT2D eigenvalue weighted by molar-refractivity contribution is 5.84. The number of carboxylic acid groups (broad SMARTS) is 1. The third-order valence-electron chi connectivity index (χ3n) is 0.659. The molecule has 0 amide bonds. The van der Waals surface area contributed by atoms with Crippen LogP contribution in [0.5, 0.6) is 0 Å². The van der Waals surface area contributed by atoms with Crippen LogP contribution in [0.25, 0.3) is 0 Å². The number of aliphatic carboxylic acids is 1. The molecule has 0 radical (unpaired) electrons. The third kappa shape index (κ3) is 17.6. The van der Waals surface area contributed by atoms with Gasteiger partial charge < -0.3 is 15.9 Å². The molecule has 0 aromatic carbocycles. The van der Waals surface area contributed by atoms with E-state index >= 15 is 0 Å². The fraction of sp³-hybridized carbons (Fsp3) is 0.667. The van der Waals surface area contributed by atoms with Gasteiger partial charge in [0.25, 0.3) is 5.97 Å². The van der Waals surface area contributed by atoms with Crippen LogP contribution in [0, 0.1) is 5.41 Å². The fourth-order valence-corrected chi connectivity index (χ4v) is 0. The first-order valence-electron chi connectivity index (χ1n) is 2.94. The summed E-state index contributed by atoms with van der Waals surface area (Å²) in [5, 5.41) is 22.8. The van der Waals surface area contributed by atoms with Crippen LogP contribution in [-0.4, -0.2) is 27.6 Å². The van der Waals surface area contributed by atoms with E-state index in [4.69, 9.17) is 26.2 Å². The van der Waals surface area contributed by atoms with Gasteiger partial charge in [0.05, 0.1) is 0 Å². The van der Waals surface area contributed by atoms with Gasteiger partial charge in [0, 0.05) is 6.92 Å². The lowest BCUT2D eigenvalue weighted by Gasteiger charge is -2.12. The summed E-state index contributed by atoms with van der Waals surface area (Å²) in [6.07, 6.45) is 0. The van der Waals surface area contributed by atoms with Crippen LogP contribution < -0.4 is 5.73 Å². The van der Waals surface area contributed by atoms with E-state index in [9.17, 15) is 0 Å². The topological polar surface area (TPSA) is 107 Å². The van der Waals surface area contributed by atoms with Gasteiger partial charge in [0.2, 0.25) is 0 Å². The molecule has 0 aliphatic carbocycles. The lowest BCUT2D eigenvalue weighted by molar-refractivity contribution is -0.134. The number of amidine groups is 1. The molecule has 0 aliphatic heterocycles. The molecule has 0 aromatic rings. The maximum atomic E-state index is 9.00. The van der Waals surface area contributed by atoms with Gasteiger partial charge in [-0.05, 0) is 13.8 Å². The van der Waals surface area contributed by atoms with E-state index < -0.39 is 11.6 Å². The van der Waals surface area contributed by atoms with Gasteiger partial charge in [-0.25, -0.2) is 0 Å². The molecule has 0 aliphatic rings. The van der Waals surface area contributed by atoms with E-state index in [1.165, 1.54) is 13.8 Å². The van der Waals surface area contributed by atoms with Crippen molar-refractivity contribution in [2.45, 2.75) is 26.4 Å². The molecular formula is C6H14N2O3. The molecule has 0 rings (SSSR count). The Bertz CT molecular complexity index is 144. The van der Waals surface area contributed by atoms with Crippen LogP contribution in [0.4, 0.5) is 0 Å². The minimum atomic E-state index is -1.14. The van der Waals surface area contributed by atoms with Crippen molar-refractivity contribution in [3.63, 3.8) is 0 Å². The maximum absolute atomic E-state index is 9.00. The molecule has 0 fully saturated rings. The molecule has 0 saturated carbocycles. The normalized spacial score (nSPS) is 9.45. The molecule has 0 bridgehead atoms. The van der Waals surface area contributed by atoms with Gasteiger partial charge >= 0.3 is 0 Å². The second-order valence-electron chi connectivity index (χ2n) is 2.49. The van der Waals surface area contributed by atoms with Crippen molar-refractivity contribution in [2.24, 2.45) is 5.73 Å². The van der Waals surface area contributed by atoms with Crippen LogP contribution in [0.2, 0.25) is 0 Å². The van der Waals surface area contributed by atoms with E-state index in [0.29, 0.717) is 0 Å². The van der Waals surface area contributed by atoms with Crippen molar-refractivity contribution >= 4 is 11.8 Å². The summed E-state index contributed by atoms with van der Waals surface area (Å²) in [5.74, 6) is -1.03. The average Bonchev–Trinajstić information content (AvgIpc) is 1.59. The Balaban J connectivity index is 0. The molecule has 0 unspecified atom stereocenters. The van der Waals surface area contributed by atoms with Crippen molar-refractivity contribution in [1.29, 1.82) is 5.41 Å². The van der Waals surface area contributed by atoms with E-state index in [-0.39, 0.29) is 5.84 Å². The number of nitrogens with one attached hydrogen (secondary N) is 1. The fourth-order valence-electron chi connectivity index (χ4n) is 0. The first kappa shape index (κ1) is 12.6. The first-order chi connectivity index (χ1) is 4.68. The first-order valence-corrected chi connectivity index (χ1v) is 2.94. The number of carboxylic acids is 1. The predicted octanol–water partition coefficient (Wildman–Crippen LogP) is -0.216. The smallest absolute Gasteiger partial charge is 0.300 e. The second-order valence-corrected chi connectivity index (χ2v) is 2.49. The van der Waals surface area contributed by atoms with Gasteiger partial charge in [-0.15, -0.1) is 0 Å². The highest BCUT2D eigenvalue weighted by atomic mass is 16.4. The van der Waals surface area contributed by atoms with E-state index in [0.717, 1.165) is 6.92 Å².